The Bertz CT molecular complexity index is 795. The topological polar surface area (TPSA) is 82.5 Å². The molecule has 0 fully saturated rings. The fourth-order valence-electron chi connectivity index (χ4n) is 2.08. The molecule has 0 aliphatic carbocycles. The monoisotopic (exact) mass is 268 g/mol. The minimum Gasteiger partial charge on any atom is -0.465 e. The number of nitrogens with zero attached hydrogens (tertiary/aromatic N) is 3. The zero-order chi connectivity index (χ0) is 14.1. The summed E-state index contributed by atoms with van der Waals surface area (Å²) >= 11 is 0. The maximum absolute atomic E-state index is 11.6. The van der Waals surface area contributed by atoms with E-state index >= 15 is 0 Å². The van der Waals surface area contributed by atoms with Gasteiger partial charge in [0.25, 0.3) is 0 Å². The van der Waals surface area contributed by atoms with Crippen LogP contribution < -0.4 is 5.73 Å². The van der Waals surface area contributed by atoms with Crippen molar-refractivity contribution in [3.8, 4) is 11.1 Å². The largest absolute Gasteiger partial charge is 0.465 e. The van der Waals surface area contributed by atoms with Crippen molar-refractivity contribution in [3.05, 3.63) is 48.2 Å². The standard InChI is InChI=1S/C14H12N4O2/c1-20-13(19)10-5-2-4-9(8-10)11-6-3-7-18-12(11)16-14(15)17-18/h2-8H,1H3,(H2,15,17). The maximum atomic E-state index is 11.6. The number of carbonyl (C=O) groups excluding carboxylic acids is 1. The lowest BCUT2D eigenvalue weighted by Gasteiger charge is -2.05. The Morgan fingerprint density at radius 2 is 2.15 bits per heavy atom. The highest BCUT2D eigenvalue weighted by Crippen LogP contribution is 2.24. The summed E-state index contributed by atoms with van der Waals surface area (Å²) < 4.78 is 6.33. The molecule has 3 rings (SSSR count). The number of esters is 1. The van der Waals surface area contributed by atoms with E-state index in [2.05, 4.69) is 10.1 Å². The predicted molar refractivity (Wildman–Crippen MR) is 74.2 cm³/mol. The fraction of sp³-hybridized carbons (Fsp3) is 0.0714. The van der Waals surface area contributed by atoms with Crippen molar-refractivity contribution in [2.45, 2.75) is 0 Å². The Kier molecular flexibility index (Phi) is 2.83. The number of anilines is 1. The van der Waals surface area contributed by atoms with Crippen molar-refractivity contribution < 1.29 is 9.53 Å². The van der Waals surface area contributed by atoms with Gasteiger partial charge in [-0.1, -0.05) is 12.1 Å². The Balaban J connectivity index is 2.18. The van der Waals surface area contributed by atoms with Crippen LogP contribution in [0.3, 0.4) is 0 Å². The Morgan fingerprint density at radius 1 is 1.30 bits per heavy atom. The summed E-state index contributed by atoms with van der Waals surface area (Å²) in [5.41, 5.74) is 8.45. The number of hydrogen-bond acceptors (Lipinski definition) is 5. The third kappa shape index (κ3) is 1.97. The van der Waals surface area contributed by atoms with E-state index in [1.807, 2.05) is 18.2 Å². The molecule has 0 bridgehead atoms. The maximum Gasteiger partial charge on any atom is 0.337 e. The van der Waals surface area contributed by atoms with Gasteiger partial charge in [0, 0.05) is 11.8 Å². The summed E-state index contributed by atoms with van der Waals surface area (Å²) in [5, 5.41) is 4.06. The lowest BCUT2D eigenvalue weighted by atomic mass is 10.0. The third-order valence-electron chi connectivity index (χ3n) is 2.97. The molecule has 2 N–H and O–H groups in total. The van der Waals surface area contributed by atoms with Crippen LogP contribution in [0.25, 0.3) is 16.8 Å². The third-order valence-corrected chi connectivity index (χ3v) is 2.97. The van der Waals surface area contributed by atoms with Gasteiger partial charge in [-0.25, -0.2) is 9.31 Å². The minimum absolute atomic E-state index is 0.210. The molecule has 0 radical (unpaired) electrons. The zero-order valence-corrected chi connectivity index (χ0v) is 10.8. The average Bonchev–Trinajstić information content (AvgIpc) is 2.86. The van der Waals surface area contributed by atoms with Crippen molar-refractivity contribution in [3.63, 3.8) is 0 Å². The minimum atomic E-state index is -0.375. The lowest BCUT2D eigenvalue weighted by molar-refractivity contribution is 0.0601. The van der Waals surface area contributed by atoms with Crippen LogP contribution >= 0.6 is 0 Å². The van der Waals surface area contributed by atoms with Crippen LogP contribution in [0.2, 0.25) is 0 Å². The number of ether oxygens (including phenoxy) is 1. The highest BCUT2D eigenvalue weighted by molar-refractivity contribution is 5.91. The van der Waals surface area contributed by atoms with Crippen molar-refractivity contribution >= 4 is 17.6 Å². The van der Waals surface area contributed by atoms with Gasteiger partial charge in [-0.15, -0.1) is 5.10 Å². The van der Waals surface area contributed by atoms with Crippen LogP contribution in [0.5, 0.6) is 0 Å². The molecule has 1 aromatic carbocycles. The van der Waals surface area contributed by atoms with Crippen LogP contribution in [0.4, 0.5) is 5.95 Å². The van der Waals surface area contributed by atoms with Gasteiger partial charge in [0.05, 0.1) is 12.7 Å². The smallest absolute Gasteiger partial charge is 0.337 e. The Labute approximate surface area is 114 Å². The molecule has 6 nitrogen and oxygen atoms in total. The molecule has 0 atom stereocenters. The molecule has 0 aliphatic rings. The van der Waals surface area contributed by atoms with Crippen molar-refractivity contribution in [2.75, 3.05) is 12.8 Å². The first kappa shape index (κ1) is 12.2. The Morgan fingerprint density at radius 3 is 2.95 bits per heavy atom. The van der Waals surface area contributed by atoms with E-state index in [1.165, 1.54) is 7.11 Å². The second-order valence-electron chi connectivity index (χ2n) is 4.23. The van der Waals surface area contributed by atoms with Gasteiger partial charge in [-0.3, -0.25) is 0 Å². The first-order chi connectivity index (χ1) is 9.69. The first-order valence-corrected chi connectivity index (χ1v) is 5.98. The summed E-state index contributed by atoms with van der Waals surface area (Å²) in [4.78, 5) is 15.8. The molecule has 20 heavy (non-hydrogen) atoms. The van der Waals surface area contributed by atoms with E-state index in [-0.39, 0.29) is 11.9 Å². The zero-order valence-electron chi connectivity index (χ0n) is 10.8. The number of pyridine rings is 1. The van der Waals surface area contributed by atoms with Crippen LogP contribution in [0.1, 0.15) is 10.4 Å². The van der Waals surface area contributed by atoms with E-state index in [1.54, 1.807) is 28.9 Å². The quantitative estimate of drug-likeness (QED) is 0.716. The van der Waals surface area contributed by atoms with Crippen molar-refractivity contribution in [1.82, 2.24) is 14.6 Å². The fourth-order valence-corrected chi connectivity index (χ4v) is 2.08. The van der Waals surface area contributed by atoms with Gasteiger partial charge in [-0.05, 0) is 29.8 Å². The van der Waals surface area contributed by atoms with Gasteiger partial charge < -0.3 is 10.5 Å². The Hall–Kier alpha value is -2.89. The van der Waals surface area contributed by atoms with E-state index < -0.39 is 0 Å². The predicted octanol–water partition coefficient (Wildman–Crippen LogP) is 1.77. The highest BCUT2D eigenvalue weighted by Gasteiger charge is 2.11. The normalized spacial score (nSPS) is 10.7. The molecule has 2 aromatic heterocycles. The van der Waals surface area contributed by atoms with Crippen molar-refractivity contribution in [1.29, 1.82) is 0 Å². The molecule has 0 saturated heterocycles. The number of benzene rings is 1. The lowest BCUT2D eigenvalue weighted by Crippen LogP contribution is -2.01. The van der Waals surface area contributed by atoms with Crippen LogP contribution in [0, 0.1) is 0 Å². The van der Waals surface area contributed by atoms with Gasteiger partial charge in [0.2, 0.25) is 5.95 Å². The summed E-state index contributed by atoms with van der Waals surface area (Å²) in [6.45, 7) is 0. The molecule has 6 heteroatoms. The average molecular weight is 268 g/mol. The summed E-state index contributed by atoms with van der Waals surface area (Å²) in [6.07, 6.45) is 1.77. The van der Waals surface area contributed by atoms with Crippen LogP contribution in [0.15, 0.2) is 42.6 Å². The van der Waals surface area contributed by atoms with Crippen molar-refractivity contribution in [2.24, 2.45) is 0 Å². The summed E-state index contributed by atoms with van der Waals surface area (Å²) in [7, 11) is 1.36. The SMILES string of the molecule is COC(=O)c1cccc(-c2cccn3nc(N)nc23)c1. The second-order valence-corrected chi connectivity index (χ2v) is 4.23. The first-order valence-electron chi connectivity index (χ1n) is 5.98. The summed E-state index contributed by atoms with van der Waals surface area (Å²) in [5.74, 6) is -0.165. The molecular weight excluding hydrogens is 256 g/mol. The summed E-state index contributed by atoms with van der Waals surface area (Å²) in [6, 6.07) is 10.9. The van der Waals surface area contributed by atoms with Crippen LogP contribution in [-0.4, -0.2) is 27.7 Å². The number of carbonyl (C=O) groups is 1. The molecule has 0 amide bonds. The van der Waals surface area contributed by atoms with E-state index in [4.69, 9.17) is 10.5 Å². The number of hydrogen-bond donors (Lipinski definition) is 1. The highest BCUT2D eigenvalue weighted by atomic mass is 16.5. The van der Waals surface area contributed by atoms with Gasteiger partial charge in [0.1, 0.15) is 0 Å². The number of rotatable bonds is 2. The molecule has 2 heterocycles. The number of methoxy groups -OCH3 is 1. The number of nitrogens with two attached hydrogens (primary N) is 1. The number of fused-ring (bicyclic) bond motifs is 1. The molecule has 100 valence electrons. The van der Waals surface area contributed by atoms with Crippen LogP contribution in [-0.2, 0) is 4.74 Å². The molecule has 0 unspecified atom stereocenters. The van der Waals surface area contributed by atoms with Gasteiger partial charge in [-0.2, -0.15) is 4.98 Å². The van der Waals surface area contributed by atoms with Gasteiger partial charge >= 0.3 is 5.97 Å². The van der Waals surface area contributed by atoms with E-state index in [0.717, 1.165) is 11.1 Å². The molecule has 0 saturated carbocycles. The van der Waals surface area contributed by atoms with E-state index in [9.17, 15) is 4.79 Å². The van der Waals surface area contributed by atoms with Gasteiger partial charge in [0.15, 0.2) is 5.65 Å². The molecule has 0 spiro atoms. The number of aromatic nitrogens is 3. The van der Waals surface area contributed by atoms with E-state index in [0.29, 0.717) is 11.2 Å². The number of nitrogen functional groups attached to an aromatic ring is 1. The molecule has 0 aliphatic heterocycles. The second kappa shape index (κ2) is 4.65. The molecular formula is C14H12N4O2. The molecule has 3 aromatic rings.